The second-order valence-electron chi connectivity index (χ2n) is 7.00. The topological polar surface area (TPSA) is 73.6 Å². The molecule has 1 aromatic heterocycles. The number of aryl methyl sites for hydroxylation is 1. The average molecular weight is 421 g/mol. The van der Waals surface area contributed by atoms with Crippen molar-refractivity contribution in [1.82, 2.24) is 4.98 Å². The number of fused-ring (bicyclic) bond motifs is 2. The summed E-state index contributed by atoms with van der Waals surface area (Å²) in [5, 5.41) is 3.26. The number of amides is 1. The average Bonchev–Trinajstić information content (AvgIpc) is 3.18. The summed E-state index contributed by atoms with van der Waals surface area (Å²) in [6.07, 6.45) is 0. The zero-order chi connectivity index (χ0) is 20.7. The van der Waals surface area contributed by atoms with Crippen molar-refractivity contribution in [3.8, 4) is 23.0 Å². The Labute approximate surface area is 177 Å². The maximum absolute atomic E-state index is 12.8. The van der Waals surface area contributed by atoms with Crippen LogP contribution >= 0.6 is 11.6 Å². The summed E-state index contributed by atoms with van der Waals surface area (Å²) < 4.78 is 16.9. The molecule has 0 fully saturated rings. The van der Waals surface area contributed by atoms with Crippen molar-refractivity contribution in [1.29, 1.82) is 0 Å². The molecule has 6 nitrogen and oxygen atoms in total. The number of carbonyl (C=O) groups is 1. The fourth-order valence-corrected chi connectivity index (χ4v) is 3.46. The number of nitrogens with zero attached hydrogens (tertiary/aromatic N) is 1. The molecule has 1 aliphatic rings. The summed E-state index contributed by atoms with van der Waals surface area (Å²) in [6.45, 7) is 2.95. The quantitative estimate of drug-likeness (QED) is 0.475. The minimum absolute atomic E-state index is 0.306. The van der Waals surface area contributed by atoms with Gasteiger partial charge < -0.3 is 19.2 Å². The van der Waals surface area contributed by atoms with Crippen molar-refractivity contribution in [2.45, 2.75) is 6.92 Å². The van der Waals surface area contributed by atoms with Crippen LogP contribution in [0.1, 0.15) is 15.9 Å². The molecule has 1 amide bonds. The van der Waals surface area contributed by atoms with Gasteiger partial charge in [0, 0.05) is 11.1 Å². The number of ether oxygens (including phenoxy) is 2. The van der Waals surface area contributed by atoms with Gasteiger partial charge in [-0.25, -0.2) is 4.98 Å². The second-order valence-corrected chi connectivity index (χ2v) is 7.40. The number of rotatable bonds is 3. The number of nitrogens with one attached hydrogen (secondary N) is 1. The summed E-state index contributed by atoms with van der Waals surface area (Å²) >= 11 is 6.32. The monoisotopic (exact) mass is 420 g/mol. The zero-order valence-electron chi connectivity index (χ0n) is 16.1. The molecule has 0 bridgehead atoms. The van der Waals surface area contributed by atoms with E-state index in [0.717, 1.165) is 11.1 Å². The Kier molecular flexibility index (Phi) is 4.56. The highest BCUT2D eigenvalue weighted by atomic mass is 35.5. The number of halogens is 1. The van der Waals surface area contributed by atoms with Crippen molar-refractivity contribution in [3.63, 3.8) is 0 Å². The van der Waals surface area contributed by atoms with Crippen molar-refractivity contribution in [2.75, 3.05) is 18.5 Å². The molecule has 0 spiro atoms. The van der Waals surface area contributed by atoms with Crippen LogP contribution in [0.15, 0.2) is 59.0 Å². The predicted molar refractivity (Wildman–Crippen MR) is 115 cm³/mol. The normalized spacial score (nSPS) is 12.7. The maximum Gasteiger partial charge on any atom is 0.255 e. The molecule has 0 saturated carbocycles. The van der Waals surface area contributed by atoms with Gasteiger partial charge >= 0.3 is 0 Å². The first kappa shape index (κ1) is 18.5. The molecule has 0 unspecified atom stereocenters. The third-order valence-corrected chi connectivity index (χ3v) is 5.14. The van der Waals surface area contributed by atoms with E-state index in [1.165, 1.54) is 0 Å². The fraction of sp³-hybridized carbons (Fsp3) is 0.130. The maximum atomic E-state index is 12.8. The Balaban J connectivity index is 1.44. The standard InChI is InChI=1S/C23H17ClN2O4/c1-13-2-6-19-18(10-13)26-23(30-19)15-3-5-16(24)17(11-15)25-22(27)14-4-7-20-21(12-14)29-9-8-28-20/h2-7,10-12H,8-9H2,1H3,(H,25,27). The molecule has 7 heteroatoms. The van der Waals surface area contributed by atoms with Gasteiger partial charge in [-0.2, -0.15) is 0 Å². The van der Waals surface area contributed by atoms with Gasteiger partial charge in [0.05, 0.1) is 10.7 Å². The Bertz CT molecular complexity index is 1280. The van der Waals surface area contributed by atoms with Gasteiger partial charge in [0.1, 0.15) is 18.7 Å². The molecule has 0 radical (unpaired) electrons. The Hall–Kier alpha value is -3.51. The van der Waals surface area contributed by atoms with Crippen molar-refractivity contribution in [3.05, 3.63) is 70.7 Å². The highest BCUT2D eigenvalue weighted by molar-refractivity contribution is 6.34. The summed E-state index contributed by atoms with van der Waals surface area (Å²) in [7, 11) is 0. The SMILES string of the molecule is Cc1ccc2oc(-c3ccc(Cl)c(NC(=O)c4ccc5c(c4)OCCO5)c3)nc2c1. The van der Waals surface area contributed by atoms with Crippen LogP contribution in [-0.2, 0) is 0 Å². The van der Waals surface area contributed by atoms with Crippen LogP contribution < -0.4 is 14.8 Å². The van der Waals surface area contributed by atoms with Gasteiger partial charge in [-0.15, -0.1) is 0 Å². The summed E-state index contributed by atoms with van der Waals surface area (Å²) in [5.41, 5.74) is 4.20. The molecule has 0 saturated heterocycles. The van der Waals surface area contributed by atoms with E-state index in [-0.39, 0.29) is 5.91 Å². The molecule has 150 valence electrons. The summed E-state index contributed by atoms with van der Waals surface area (Å²) in [5.74, 6) is 1.33. The number of aromatic nitrogens is 1. The van der Waals surface area contributed by atoms with Gasteiger partial charge in [-0.05, 0) is 61.0 Å². The lowest BCUT2D eigenvalue weighted by molar-refractivity contribution is 0.102. The lowest BCUT2D eigenvalue weighted by atomic mass is 10.1. The van der Waals surface area contributed by atoms with Crippen LogP contribution in [-0.4, -0.2) is 24.1 Å². The molecule has 3 aromatic carbocycles. The van der Waals surface area contributed by atoms with Crippen LogP contribution in [0.2, 0.25) is 5.02 Å². The Morgan fingerprint density at radius 2 is 1.83 bits per heavy atom. The van der Waals surface area contributed by atoms with E-state index >= 15 is 0 Å². The Morgan fingerprint density at radius 3 is 2.70 bits per heavy atom. The van der Waals surface area contributed by atoms with Crippen molar-refractivity contribution < 1.29 is 18.7 Å². The highest BCUT2D eigenvalue weighted by Crippen LogP contribution is 2.33. The second kappa shape index (κ2) is 7.39. The van der Waals surface area contributed by atoms with Crippen molar-refractivity contribution in [2.24, 2.45) is 0 Å². The van der Waals surface area contributed by atoms with Crippen molar-refractivity contribution >= 4 is 34.3 Å². The summed E-state index contributed by atoms with van der Waals surface area (Å²) in [4.78, 5) is 17.3. The highest BCUT2D eigenvalue weighted by Gasteiger charge is 2.17. The molecule has 0 atom stereocenters. The number of hydrogen-bond donors (Lipinski definition) is 1. The van der Waals surface area contributed by atoms with Crippen LogP contribution in [0.5, 0.6) is 11.5 Å². The first-order valence-corrected chi connectivity index (χ1v) is 9.83. The molecule has 4 aromatic rings. The van der Waals surface area contributed by atoms with E-state index in [0.29, 0.717) is 58.0 Å². The Morgan fingerprint density at radius 1 is 1.00 bits per heavy atom. The van der Waals surface area contributed by atoms with E-state index in [4.69, 9.17) is 25.5 Å². The smallest absolute Gasteiger partial charge is 0.255 e. The fourth-order valence-electron chi connectivity index (χ4n) is 3.29. The number of anilines is 1. The van der Waals surface area contributed by atoms with Gasteiger partial charge in [-0.1, -0.05) is 17.7 Å². The minimum Gasteiger partial charge on any atom is -0.486 e. The molecular weight excluding hydrogens is 404 g/mol. The van der Waals surface area contributed by atoms with Gasteiger partial charge in [0.25, 0.3) is 5.91 Å². The third-order valence-electron chi connectivity index (χ3n) is 4.81. The summed E-state index contributed by atoms with van der Waals surface area (Å²) in [6, 6.07) is 16.1. The van der Waals surface area contributed by atoms with E-state index in [1.807, 2.05) is 25.1 Å². The van der Waals surface area contributed by atoms with Crippen LogP contribution in [0.25, 0.3) is 22.6 Å². The number of benzene rings is 3. The minimum atomic E-state index is -0.306. The molecule has 30 heavy (non-hydrogen) atoms. The zero-order valence-corrected chi connectivity index (χ0v) is 16.8. The lowest BCUT2D eigenvalue weighted by Crippen LogP contribution is -2.17. The van der Waals surface area contributed by atoms with Gasteiger partial charge in [0.2, 0.25) is 5.89 Å². The van der Waals surface area contributed by atoms with Crippen LogP contribution in [0.4, 0.5) is 5.69 Å². The molecule has 1 N–H and O–H groups in total. The molecule has 5 rings (SSSR count). The van der Waals surface area contributed by atoms with E-state index in [9.17, 15) is 4.79 Å². The first-order chi connectivity index (χ1) is 14.6. The van der Waals surface area contributed by atoms with Gasteiger partial charge in [0.15, 0.2) is 17.1 Å². The van der Waals surface area contributed by atoms with E-state index < -0.39 is 0 Å². The number of oxazole rings is 1. The molecule has 1 aliphatic heterocycles. The van der Waals surface area contributed by atoms with E-state index in [2.05, 4.69) is 10.3 Å². The van der Waals surface area contributed by atoms with Crippen LogP contribution in [0, 0.1) is 6.92 Å². The predicted octanol–water partition coefficient (Wildman–Crippen LogP) is 5.48. The largest absolute Gasteiger partial charge is 0.486 e. The first-order valence-electron chi connectivity index (χ1n) is 9.45. The van der Waals surface area contributed by atoms with Gasteiger partial charge in [-0.3, -0.25) is 4.79 Å². The number of hydrogen-bond acceptors (Lipinski definition) is 5. The van der Waals surface area contributed by atoms with Crippen LogP contribution in [0.3, 0.4) is 0 Å². The number of carbonyl (C=O) groups excluding carboxylic acids is 1. The van der Waals surface area contributed by atoms with E-state index in [1.54, 1.807) is 36.4 Å². The molecule has 0 aliphatic carbocycles. The molecule has 2 heterocycles. The third kappa shape index (κ3) is 3.46. The lowest BCUT2D eigenvalue weighted by Gasteiger charge is -2.18. The molecular formula is C23H17ClN2O4.